The van der Waals surface area contributed by atoms with E-state index in [4.69, 9.17) is 16.3 Å². The van der Waals surface area contributed by atoms with Gasteiger partial charge in [0.1, 0.15) is 0 Å². The van der Waals surface area contributed by atoms with Crippen LogP contribution >= 0.6 is 11.6 Å². The van der Waals surface area contributed by atoms with Crippen LogP contribution < -0.4 is 0 Å². The van der Waals surface area contributed by atoms with E-state index in [0.29, 0.717) is 11.6 Å². The van der Waals surface area contributed by atoms with Gasteiger partial charge in [0, 0.05) is 43.8 Å². The fraction of sp³-hybridized carbons (Fsp3) is 0.375. The second-order valence-corrected chi connectivity index (χ2v) is 7.97. The largest absolute Gasteiger partial charge is 0.465 e. The second-order valence-electron chi connectivity index (χ2n) is 7.53. The van der Waals surface area contributed by atoms with Crippen LogP contribution in [0.15, 0.2) is 54.6 Å². The van der Waals surface area contributed by atoms with E-state index >= 15 is 0 Å². The summed E-state index contributed by atoms with van der Waals surface area (Å²) in [5, 5.41) is 0.770. The maximum absolute atomic E-state index is 11.5. The minimum atomic E-state index is -0.286. The van der Waals surface area contributed by atoms with E-state index < -0.39 is 0 Å². The van der Waals surface area contributed by atoms with Crippen LogP contribution in [0.2, 0.25) is 5.02 Å². The van der Waals surface area contributed by atoms with E-state index in [-0.39, 0.29) is 5.97 Å². The third kappa shape index (κ3) is 6.43. The fourth-order valence-electron chi connectivity index (χ4n) is 3.66. The third-order valence-corrected chi connectivity index (χ3v) is 5.73. The highest BCUT2D eigenvalue weighted by Crippen LogP contribution is 2.14. The maximum Gasteiger partial charge on any atom is 0.337 e. The Hall–Kier alpha value is -2.14. The first-order valence-electron chi connectivity index (χ1n) is 10.1. The molecule has 1 heterocycles. The lowest BCUT2D eigenvalue weighted by Gasteiger charge is -2.37. The summed E-state index contributed by atoms with van der Waals surface area (Å²) in [5.74, 6) is -0.286. The number of ether oxygens (including phenoxy) is 1. The van der Waals surface area contributed by atoms with Crippen molar-refractivity contribution in [1.82, 2.24) is 9.80 Å². The second kappa shape index (κ2) is 10.6. The number of halogens is 1. The number of methoxy groups -OCH3 is 1. The Kier molecular flexibility index (Phi) is 7.87. The lowest BCUT2D eigenvalue weighted by Crippen LogP contribution is -2.50. The van der Waals surface area contributed by atoms with Gasteiger partial charge in [-0.1, -0.05) is 48.0 Å². The molecule has 0 bridgehead atoms. The lowest BCUT2D eigenvalue weighted by atomic mass is 10.0. The van der Waals surface area contributed by atoms with Crippen LogP contribution in [0.3, 0.4) is 0 Å². The Morgan fingerprint density at radius 2 is 1.72 bits per heavy atom. The van der Waals surface area contributed by atoms with E-state index in [1.54, 1.807) is 0 Å². The van der Waals surface area contributed by atoms with Crippen molar-refractivity contribution in [3.05, 3.63) is 76.3 Å². The molecule has 0 aliphatic carbocycles. The summed E-state index contributed by atoms with van der Waals surface area (Å²) in [7, 11) is 1.41. The van der Waals surface area contributed by atoms with Gasteiger partial charge in [-0.15, -0.1) is 0 Å². The van der Waals surface area contributed by atoms with Crippen LogP contribution in [0, 0.1) is 0 Å². The molecule has 4 nitrogen and oxygen atoms in total. The first kappa shape index (κ1) is 21.6. The Balaban J connectivity index is 1.42. The molecule has 1 saturated heterocycles. The molecule has 0 aromatic heterocycles. The molecule has 2 aromatic rings. The normalized spacial score (nSPS) is 16.8. The molecule has 1 aliphatic rings. The summed E-state index contributed by atoms with van der Waals surface area (Å²) in [6.07, 6.45) is 5.37. The molecule has 1 fully saturated rings. The number of rotatable bonds is 7. The molecule has 0 saturated carbocycles. The standard InChI is InChI=1S/C24H29ClN2O2/c1-19(18-21-5-9-22(10-6-21)24(28)29-2)27-16-14-26(15-17-27)13-3-4-20-7-11-23(25)12-8-20/h3-12,19H,13-18H2,1-2H3/b4-3+. The van der Waals surface area contributed by atoms with Crippen LogP contribution in [0.4, 0.5) is 0 Å². The lowest BCUT2D eigenvalue weighted by molar-refractivity contribution is 0.0600. The van der Waals surface area contributed by atoms with Gasteiger partial charge in [-0.3, -0.25) is 9.80 Å². The molecule has 3 rings (SSSR count). The summed E-state index contributed by atoms with van der Waals surface area (Å²) < 4.78 is 4.76. The average molecular weight is 413 g/mol. The molecule has 0 amide bonds. The Morgan fingerprint density at radius 3 is 2.34 bits per heavy atom. The van der Waals surface area contributed by atoms with Crippen molar-refractivity contribution in [3.63, 3.8) is 0 Å². The van der Waals surface area contributed by atoms with E-state index in [1.165, 1.54) is 18.2 Å². The number of hydrogen-bond donors (Lipinski definition) is 0. The molecular weight excluding hydrogens is 384 g/mol. The highest BCUT2D eigenvalue weighted by atomic mass is 35.5. The summed E-state index contributed by atoms with van der Waals surface area (Å²) in [5.41, 5.74) is 3.03. The number of carbonyl (C=O) groups excluding carboxylic acids is 1. The summed E-state index contributed by atoms with van der Waals surface area (Å²) in [6.45, 7) is 7.57. The van der Waals surface area contributed by atoms with Gasteiger partial charge < -0.3 is 4.74 Å². The van der Waals surface area contributed by atoms with E-state index in [0.717, 1.165) is 44.2 Å². The molecular formula is C24H29ClN2O2. The van der Waals surface area contributed by atoms with Crippen molar-refractivity contribution in [2.75, 3.05) is 39.8 Å². The van der Waals surface area contributed by atoms with Crippen molar-refractivity contribution in [1.29, 1.82) is 0 Å². The molecule has 1 aliphatic heterocycles. The van der Waals surface area contributed by atoms with Crippen molar-refractivity contribution in [3.8, 4) is 0 Å². The summed E-state index contributed by atoms with van der Waals surface area (Å²) >= 11 is 5.93. The smallest absolute Gasteiger partial charge is 0.337 e. The van der Waals surface area contributed by atoms with Crippen LogP contribution in [0.1, 0.15) is 28.4 Å². The third-order valence-electron chi connectivity index (χ3n) is 5.48. The van der Waals surface area contributed by atoms with E-state index in [9.17, 15) is 4.79 Å². The van der Waals surface area contributed by atoms with Gasteiger partial charge in [-0.05, 0) is 48.7 Å². The fourth-order valence-corrected chi connectivity index (χ4v) is 3.79. The minimum Gasteiger partial charge on any atom is -0.465 e. The highest BCUT2D eigenvalue weighted by molar-refractivity contribution is 6.30. The van der Waals surface area contributed by atoms with Crippen molar-refractivity contribution >= 4 is 23.6 Å². The van der Waals surface area contributed by atoms with Gasteiger partial charge in [-0.2, -0.15) is 0 Å². The monoisotopic (exact) mass is 412 g/mol. The van der Waals surface area contributed by atoms with Gasteiger partial charge in [0.25, 0.3) is 0 Å². The zero-order valence-electron chi connectivity index (χ0n) is 17.2. The number of benzene rings is 2. The first-order chi connectivity index (χ1) is 14.0. The number of esters is 1. The number of hydrogen-bond acceptors (Lipinski definition) is 4. The Labute approximate surface area is 178 Å². The van der Waals surface area contributed by atoms with Gasteiger partial charge in [0.05, 0.1) is 12.7 Å². The predicted octanol–water partition coefficient (Wildman–Crippen LogP) is 4.39. The van der Waals surface area contributed by atoms with Crippen LogP contribution in [0.25, 0.3) is 6.08 Å². The van der Waals surface area contributed by atoms with Crippen molar-refractivity contribution in [2.45, 2.75) is 19.4 Å². The zero-order valence-corrected chi connectivity index (χ0v) is 17.9. The predicted molar refractivity (Wildman–Crippen MR) is 119 cm³/mol. The molecule has 5 heteroatoms. The van der Waals surface area contributed by atoms with Gasteiger partial charge in [0.2, 0.25) is 0 Å². The maximum atomic E-state index is 11.5. The molecule has 0 N–H and O–H groups in total. The van der Waals surface area contributed by atoms with Gasteiger partial charge in [-0.25, -0.2) is 4.79 Å². The SMILES string of the molecule is COC(=O)c1ccc(CC(C)N2CCN(C/C=C/c3ccc(Cl)cc3)CC2)cc1. The van der Waals surface area contributed by atoms with Crippen molar-refractivity contribution < 1.29 is 9.53 Å². The molecule has 2 aromatic carbocycles. The van der Waals surface area contributed by atoms with Crippen LogP contribution in [-0.4, -0.2) is 61.6 Å². The van der Waals surface area contributed by atoms with Crippen LogP contribution in [-0.2, 0) is 11.2 Å². The number of piperazine rings is 1. The Morgan fingerprint density at radius 1 is 1.07 bits per heavy atom. The molecule has 1 unspecified atom stereocenters. The van der Waals surface area contributed by atoms with Gasteiger partial charge >= 0.3 is 5.97 Å². The van der Waals surface area contributed by atoms with E-state index in [2.05, 4.69) is 28.9 Å². The molecule has 29 heavy (non-hydrogen) atoms. The minimum absolute atomic E-state index is 0.286. The number of carbonyl (C=O) groups is 1. The Bertz CT molecular complexity index is 810. The van der Waals surface area contributed by atoms with Gasteiger partial charge in [0.15, 0.2) is 0 Å². The molecule has 0 spiro atoms. The molecule has 154 valence electrons. The van der Waals surface area contributed by atoms with Crippen molar-refractivity contribution in [2.24, 2.45) is 0 Å². The summed E-state index contributed by atoms with van der Waals surface area (Å²) in [6, 6.07) is 16.1. The first-order valence-corrected chi connectivity index (χ1v) is 10.5. The topological polar surface area (TPSA) is 32.8 Å². The summed E-state index contributed by atoms with van der Waals surface area (Å²) in [4.78, 5) is 16.6. The quantitative estimate of drug-likeness (QED) is 0.631. The molecule has 0 radical (unpaired) electrons. The van der Waals surface area contributed by atoms with E-state index in [1.807, 2.05) is 48.5 Å². The van der Waals surface area contributed by atoms with Crippen LogP contribution in [0.5, 0.6) is 0 Å². The average Bonchev–Trinajstić information content (AvgIpc) is 2.75. The highest BCUT2D eigenvalue weighted by Gasteiger charge is 2.20. The number of nitrogens with zero attached hydrogens (tertiary/aromatic N) is 2. The molecule has 1 atom stereocenters. The zero-order chi connectivity index (χ0) is 20.6.